The van der Waals surface area contributed by atoms with E-state index in [1.54, 1.807) is 0 Å². The van der Waals surface area contributed by atoms with Gasteiger partial charge in [-0.2, -0.15) is 0 Å². The number of allylic oxidation sites excluding steroid dienone is 2. The summed E-state index contributed by atoms with van der Waals surface area (Å²) in [7, 11) is 0. The van der Waals surface area contributed by atoms with E-state index in [2.05, 4.69) is 28.6 Å². The zero-order valence-electron chi connectivity index (χ0n) is 18.4. The summed E-state index contributed by atoms with van der Waals surface area (Å²) in [5.41, 5.74) is 4.07. The van der Waals surface area contributed by atoms with Crippen molar-refractivity contribution in [1.82, 2.24) is 15.1 Å². The quantitative estimate of drug-likeness (QED) is 0.514. The molecule has 8 heteroatoms. The van der Waals surface area contributed by atoms with Crippen LogP contribution in [0, 0.1) is 5.41 Å². The molecule has 1 saturated heterocycles. The van der Waals surface area contributed by atoms with Crippen LogP contribution in [0.1, 0.15) is 32.8 Å². The Labute approximate surface area is 183 Å². The van der Waals surface area contributed by atoms with Crippen molar-refractivity contribution in [2.45, 2.75) is 33.2 Å². The molecule has 1 amide bonds. The van der Waals surface area contributed by atoms with Gasteiger partial charge in [0.25, 0.3) is 5.91 Å². The molecule has 3 aliphatic rings. The second kappa shape index (κ2) is 8.83. The molecule has 1 fully saturated rings. The average molecular weight is 423 g/mol. The molecule has 1 atom stereocenters. The van der Waals surface area contributed by atoms with Gasteiger partial charge >= 0.3 is 0 Å². The third-order valence-electron chi connectivity index (χ3n) is 6.14. The van der Waals surface area contributed by atoms with Crippen LogP contribution in [0.5, 0.6) is 5.75 Å². The fourth-order valence-electron chi connectivity index (χ4n) is 4.17. The minimum atomic E-state index is -0.0787. The minimum Gasteiger partial charge on any atom is -0.471 e. The van der Waals surface area contributed by atoms with Gasteiger partial charge in [0.15, 0.2) is 12.6 Å². The summed E-state index contributed by atoms with van der Waals surface area (Å²) >= 11 is 0. The first kappa shape index (κ1) is 21.0. The molecular formula is C23H30N6O2. The number of nitrogens with zero attached hydrogens (tertiary/aromatic N) is 3. The van der Waals surface area contributed by atoms with Gasteiger partial charge in [-0.1, -0.05) is 17.7 Å². The lowest BCUT2D eigenvalue weighted by atomic mass is 10.1. The van der Waals surface area contributed by atoms with Gasteiger partial charge in [-0.3, -0.25) is 15.2 Å². The molecule has 0 bridgehead atoms. The largest absolute Gasteiger partial charge is 0.471 e. The molecule has 3 heterocycles. The Morgan fingerprint density at radius 1 is 1.35 bits per heavy atom. The summed E-state index contributed by atoms with van der Waals surface area (Å²) in [6, 6.07) is 5.72. The molecule has 1 unspecified atom stereocenters. The maximum Gasteiger partial charge on any atom is 0.289 e. The Hall–Kier alpha value is -3.29. The van der Waals surface area contributed by atoms with Crippen LogP contribution >= 0.6 is 0 Å². The van der Waals surface area contributed by atoms with E-state index in [0.717, 1.165) is 23.4 Å². The Balaban J connectivity index is 1.42. The van der Waals surface area contributed by atoms with Gasteiger partial charge in [-0.25, -0.2) is 0 Å². The zero-order valence-corrected chi connectivity index (χ0v) is 18.4. The average Bonchev–Trinajstić information content (AvgIpc) is 3.14. The topological polar surface area (TPSA) is 93.1 Å². The molecule has 164 valence electrons. The smallest absolute Gasteiger partial charge is 0.289 e. The highest BCUT2D eigenvalue weighted by Crippen LogP contribution is 2.33. The van der Waals surface area contributed by atoms with Gasteiger partial charge in [0.2, 0.25) is 0 Å². The zero-order chi connectivity index (χ0) is 22.0. The first-order valence-corrected chi connectivity index (χ1v) is 10.8. The lowest BCUT2D eigenvalue weighted by molar-refractivity contribution is -0.127. The maximum atomic E-state index is 13.2. The normalized spacial score (nSPS) is 21.1. The van der Waals surface area contributed by atoms with E-state index in [9.17, 15) is 4.79 Å². The molecule has 1 aromatic carbocycles. The van der Waals surface area contributed by atoms with Crippen LogP contribution in [-0.2, 0) is 4.79 Å². The molecule has 0 saturated carbocycles. The van der Waals surface area contributed by atoms with Crippen LogP contribution in [0.3, 0.4) is 0 Å². The van der Waals surface area contributed by atoms with Crippen LogP contribution < -0.4 is 15.4 Å². The number of carbonyl (C=O) groups excluding carboxylic acids is 1. The maximum absolute atomic E-state index is 13.2. The third kappa shape index (κ3) is 4.15. The van der Waals surface area contributed by atoms with E-state index in [-0.39, 0.29) is 11.9 Å². The van der Waals surface area contributed by atoms with Crippen LogP contribution in [0.25, 0.3) is 0 Å². The molecule has 0 aliphatic carbocycles. The van der Waals surface area contributed by atoms with E-state index < -0.39 is 0 Å². The van der Waals surface area contributed by atoms with Gasteiger partial charge in [-0.05, 0) is 44.9 Å². The summed E-state index contributed by atoms with van der Waals surface area (Å²) in [6.07, 6.45) is 4.79. The van der Waals surface area contributed by atoms with Crippen molar-refractivity contribution in [2.75, 3.05) is 38.2 Å². The molecule has 0 radical (unpaired) electrons. The molecule has 31 heavy (non-hydrogen) atoms. The molecule has 3 aliphatic heterocycles. The Kier molecular flexibility index (Phi) is 5.97. The second-order valence-corrected chi connectivity index (χ2v) is 8.05. The van der Waals surface area contributed by atoms with Crippen molar-refractivity contribution < 1.29 is 9.53 Å². The number of fused-ring (bicyclic) bond motifs is 1. The van der Waals surface area contributed by atoms with Crippen LogP contribution in [0.2, 0.25) is 0 Å². The molecule has 4 rings (SSSR count). The van der Waals surface area contributed by atoms with Crippen LogP contribution in [0.15, 0.2) is 46.6 Å². The summed E-state index contributed by atoms with van der Waals surface area (Å²) in [6.45, 7) is 8.88. The number of amidine groups is 2. The van der Waals surface area contributed by atoms with Gasteiger partial charge in [0, 0.05) is 44.0 Å². The van der Waals surface area contributed by atoms with E-state index in [1.165, 1.54) is 11.1 Å². The number of ether oxygens (including phenoxy) is 1. The number of amides is 1. The Morgan fingerprint density at radius 2 is 2.19 bits per heavy atom. The number of anilines is 1. The van der Waals surface area contributed by atoms with Gasteiger partial charge in [-0.15, -0.1) is 0 Å². The Bertz CT molecular complexity index is 980. The fourth-order valence-corrected chi connectivity index (χ4v) is 4.17. The second-order valence-electron chi connectivity index (χ2n) is 8.05. The van der Waals surface area contributed by atoms with Crippen LogP contribution in [0.4, 0.5) is 5.69 Å². The van der Waals surface area contributed by atoms with Crippen molar-refractivity contribution in [1.29, 1.82) is 5.41 Å². The Morgan fingerprint density at radius 3 is 2.97 bits per heavy atom. The van der Waals surface area contributed by atoms with Crippen molar-refractivity contribution >= 4 is 23.3 Å². The number of aliphatic imine (C=N–C) groups is 1. The first-order chi connectivity index (χ1) is 15.0. The predicted molar refractivity (Wildman–Crippen MR) is 123 cm³/mol. The molecule has 1 aromatic rings. The number of carbonyl (C=O) groups is 1. The number of para-hydroxylation sites is 1. The highest BCUT2D eigenvalue weighted by molar-refractivity contribution is 6.38. The molecule has 0 aromatic heterocycles. The van der Waals surface area contributed by atoms with Crippen molar-refractivity contribution in [3.8, 4) is 5.75 Å². The lowest BCUT2D eigenvalue weighted by Gasteiger charge is -2.41. The summed E-state index contributed by atoms with van der Waals surface area (Å²) in [5, 5.41) is 15.1. The number of nitrogens with one attached hydrogen (secondary N) is 3. The number of hydrogen-bond donors (Lipinski definition) is 3. The van der Waals surface area contributed by atoms with E-state index in [4.69, 9.17) is 10.1 Å². The summed E-state index contributed by atoms with van der Waals surface area (Å²) < 4.78 is 5.55. The monoisotopic (exact) mass is 422 g/mol. The van der Waals surface area contributed by atoms with E-state index in [1.807, 2.05) is 48.0 Å². The highest BCUT2D eigenvalue weighted by Gasteiger charge is 2.32. The molecule has 8 nitrogen and oxygen atoms in total. The third-order valence-corrected chi connectivity index (χ3v) is 6.14. The highest BCUT2D eigenvalue weighted by atomic mass is 16.5. The van der Waals surface area contributed by atoms with E-state index >= 15 is 0 Å². The number of benzene rings is 1. The predicted octanol–water partition coefficient (Wildman–Crippen LogP) is 2.55. The molecule has 0 spiro atoms. The number of rotatable bonds is 3. The van der Waals surface area contributed by atoms with E-state index in [0.29, 0.717) is 44.6 Å². The van der Waals surface area contributed by atoms with Crippen LogP contribution in [-0.4, -0.2) is 66.3 Å². The van der Waals surface area contributed by atoms with Crippen molar-refractivity contribution in [2.24, 2.45) is 4.99 Å². The molecular weight excluding hydrogens is 392 g/mol. The summed E-state index contributed by atoms with van der Waals surface area (Å²) in [4.78, 5) is 21.5. The van der Waals surface area contributed by atoms with Gasteiger partial charge in [0.05, 0.1) is 5.69 Å². The lowest BCUT2D eigenvalue weighted by Crippen LogP contribution is -2.57. The minimum absolute atomic E-state index is 0.0314. The van der Waals surface area contributed by atoms with Crippen molar-refractivity contribution in [3.63, 3.8) is 0 Å². The number of piperazine rings is 1. The SMILES string of the molecule is CC=C(C)C1=CNC(C(=O)N2CCN(C(=N)c3cccc4c3NCO4)CC2C)=NCC1. The summed E-state index contributed by atoms with van der Waals surface area (Å²) in [5.74, 6) is 1.55. The first-order valence-electron chi connectivity index (χ1n) is 10.8. The fraction of sp³-hybridized carbons (Fsp3) is 0.435. The number of hydrogen-bond acceptors (Lipinski definition) is 6. The van der Waals surface area contributed by atoms with Gasteiger partial charge in [0.1, 0.15) is 11.6 Å². The van der Waals surface area contributed by atoms with Crippen molar-refractivity contribution in [3.05, 3.63) is 47.2 Å². The van der Waals surface area contributed by atoms with Gasteiger partial charge < -0.3 is 25.2 Å². The molecule has 3 N–H and O–H groups in total. The standard InChI is InChI=1S/C23H30N6O2/c1-4-15(2)17-8-9-25-22(26-12-17)23(30)29-11-10-28(13-16(29)3)21(24)18-6-5-7-19-20(18)27-14-31-19/h4-7,12,16,24,27H,8-11,13-14H2,1-3H3,(H,25,26).